The Balaban J connectivity index is 1.92. The van der Waals surface area contributed by atoms with Gasteiger partial charge in [0.05, 0.1) is 19.9 Å². The maximum atomic E-state index is 13.0. The van der Waals surface area contributed by atoms with Gasteiger partial charge in [-0.05, 0) is 37.3 Å². The van der Waals surface area contributed by atoms with Gasteiger partial charge in [-0.15, -0.1) is 0 Å². The topological polar surface area (TPSA) is 84.7 Å². The summed E-state index contributed by atoms with van der Waals surface area (Å²) in [7, 11) is 6.26. The molecule has 0 saturated heterocycles. The first kappa shape index (κ1) is 20.6. The fraction of sp³-hybridized carbons (Fsp3) is 0.208. The molecule has 3 heterocycles. The van der Waals surface area contributed by atoms with Gasteiger partial charge in [0.2, 0.25) is 5.78 Å². The lowest BCUT2D eigenvalue weighted by molar-refractivity contribution is 0.355. The van der Waals surface area contributed by atoms with E-state index < -0.39 is 11.2 Å². The summed E-state index contributed by atoms with van der Waals surface area (Å²) in [6.45, 7) is 2.02. The molecule has 9 heteroatoms. The molecule has 33 heavy (non-hydrogen) atoms. The van der Waals surface area contributed by atoms with Crippen LogP contribution in [0.5, 0.6) is 11.5 Å². The molecule has 0 amide bonds. The maximum Gasteiger partial charge on any atom is 0.332 e. The number of rotatable bonds is 4. The normalized spacial score (nSPS) is 11.4. The zero-order valence-corrected chi connectivity index (χ0v) is 19.0. The van der Waals surface area contributed by atoms with Crippen LogP contribution in [0.3, 0.4) is 0 Å². The van der Waals surface area contributed by atoms with E-state index in [9.17, 15) is 9.59 Å². The molecule has 0 N–H and O–H groups in total. The summed E-state index contributed by atoms with van der Waals surface area (Å²) in [5.41, 5.74) is 3.50. The van der Waals surface area contributed by atoms with Crippen molar-refractivity contribution in [2.24, 2.45) is 14.1 Å². The summed E-state index contributed by atoms with van der Waals surface area (Å²) in [5, 5.41) is 0. The largest absolute Gasteiger partial charge is 0.493 e. The average molecular weight is 445 g/mol. The first-order chi connectivity index (χ1) is 15.8. The lowest BCUT2D eigenvalue weighted by atomic mass is 10.1. The van der Waals surface area contributed by atoms with Crippen molar-refractivity contribution in [1.82, 2.24) is 23.1 Å². The third-order valence-corrected chi connectivity index (χ3v) is 5.94. The fourth-order valence-electron chi connectivity index (χ4n) is 4.12. The lowest BCUT2D eigenvalue weighted by Crippen LogP contribution is -2.37. The maximum absolute atomic E-state index is 13.0. The molecule has 0 aliphatic rings. The highest BCUT2D eigenvalue weighted by molar-refractivity contribution is 5.80. The van der Waals surface area contributed by atoms with Crippen LogP contribution in [0.4, 0.5) is 0 Å². The van der Waals surface area contributed by atoms with E-state index in [1.165, 1.54) is 11.6 Å². The summed E-state index contributed by atoms with van der Waals surface area (Å²) in [5.74, 6) is 1.73. The Kier molecular flexibility index (Phi) is 4.63. The third-order valence-electron chi connectivity index (χ3n) is 5.94. The van der Waals surface area contributed by atoms with Crippen molar-refractivity contribution in [2.75, 3.05) is 14.2 Å². The van der Waals surface area contributed by atoms with Crippen LogP contribution in [0.25, 0.3) is 33.9 Å². The number of aromatic nitrogens is 5. The van der Waals surface area contributed by atoms with Gasteiger partial charge in [0.1, 0.15) is 0 Å². The molecule has 0 unspecified atom stereocenters. The third kappa shape index (κ3) is 2.96. The number of fused-ring (bicyclic) bond motifs is 3. The molecular formula is C24H23N5O4. The van der Waals surface area contributed by atoms with Crippen molar-refractivity contribution in [1.29, 1.82) is 0 Å². The van der Waals surface area contributed by atoms with Gasteiger partial charge >= 0.3 is 5.69 Å². The van der Waals surface area contributed by atoms with E-state index in [-0.39, 0.29) is 0 Å². The van der Waals surface area contributed by atoms with E-state index in [1.807, 2.05) is 60.2 Å². The quantitative estimate of drug-likeness (QED) is 0.425. The molecular weight excluding hydrogens is 422 g/mol. The average Bonchev–Trinajstić information content (AvgIpc) is 3.38. The zero-order valence-electron chi connectivity index (χ0n) is 19.0. The van der Waals surface area contributed by atoms with Gasteiger partial charge in [0.25, 0.3) is 5.56 Å². The molecule has 2 aromatic carbocycles. The lowest BCUT2D eigenvalue weighted by Gasteiger charge is -2.12. The summed E-state index contributed by atoms with van der Waals surface area (Å²) >= 11 is 0. The Hall–Kier alpha value is -4.27. The van der Waals surface area contributed by atoms with Crippen LogP contribution < -0.4 is 20.7 Å². The molecule has 0 atom stereocenters. The molecule has 9 nitrogen and oxygen atoms in total. The molecule has 0 fully saturated rings. The van der Waals surface area contributed by atoms with E-state index in [0.29, 0.717) is 28.4 Å². The highest BCUT2D eigenvalue weighted by Gasteiger charge is 2.22. The number of methoxy groups -OCH3 is 2. The SMILES string of the molecule is COc1ccc(-c2cn3c4c(=O)n(C)c(=O)n(C)c4nc3n2-c2ccc(C)cc2)cc1OC. The predicted octanol–water partition coefficient (Wildman–Crippen LogP) is 2.67. The standard InChI is InChI=1S/C24H23N5O4/c1-14-6-9-16(10-7-14)29-17(15-8-11-18(32-4)19(12-15)33-5)13-28-20-21(25-23(28)29)26(2)24(31)27(3)22(20)30/h6-13H,1-5H3. The van der Waals surface area contributed by atoms with Crippen LogP contribution >= 0.6 is 0 Å². The highest BCUT2D eigenvalue weighted by Crippen LogP contribution is 2.35. The first-order valence-corrected chi connectivity index (χ1v) is 10.3. The Labute approximate surface area is 188 Å². The number of benzene rings is 2. The molecule has 0 spiro atoms. The van der Waals surface area contributed by atoms with Crippen LogP contribution in [0.15, 0.2) is 58.3 Å². The van der Waals surface area contributed by atoms with Gasteiger partial charge in [-0.1, -0.05) is 17.7 Å². The van der Waals surface area contributed by atoms with Crippen molar-refractivity contribution < 1.29 is 9.47 Å². The summed E-state index contributed by atoms with van der Waals surface area (Å²) in [6, 6.07) is 13.7. The summed E-state index contributed by atoms with van der Waals surface area (Å²) < 4.78 is 17.1. The van der Waals surface area contributed by atoms with Gasteiger partial charge in [0.15, 0.2) is 22.7 Å². The van der Waals surface area contributed by atoms with E-state index in [0.717, 1.165) is 27.1 Å². The van der Waals surface area contributed by atoms with E-state index in [1.54, 1.807) is 25.7 Å². The number of hydrogen-bond donors (Lipinski definition) is 0. The molecule has 168 valence electrons. The van der Waals surface area contributed by atoms with Crippen LogP contribution in [0.1, 0.15) is 5.56 Å². The van der Waals surface area contributed by atoms with Gasteiger partial charge in [-0.25, -0.2) is 4.79 Å². The second-order valence-electron chi connectivity index (χ2n) is 7.91. The smallest absolute Gasteiger partial charge is 0.332 e. The van der Waals surface area contributed by atoms with Gasteiger partial charge in [0, 0.05) is 31.5 Å². The molecule has 5 aromatic rings. The Morgan fingerprint density at radius 1 is 0.879 bits per heavy atom. The first-order valence-electron chi connectivity index (χ1n) is 10.3. The fourth-order valence-corrected chi connectivity index (χ4v) is 4.12. The minimum atomic E-state index is -0.421. The Morgan fingerprint density at radius 2 is 1.58 bits per heavy atom. The van der Waals surface area contributed by atoms with Crippen LogP contribution in [-0.2, 0) is 14.1 Å². The molecule has 0 aliphatic heterocycles. The second kappa shape index (κ2) is 7.40. The summed E-state index contributed by atoms with van der Waals surface area (Å²) in [4.78, 5) is 30.2. The van der Waals surface area contributed by atoms with Crippen LogP contribution in [-0.4, -0.2) is 37.3 Å². The van der Waals surface area contributed by atoms with Crippen LogP contribution in [0.2, 0.25) is 0 Å². The number of hydrogen-bond acceptors (Lipinski definition) is 5. The molecule has 5 rings (SSSR count). The van der Waals surface area contributed by atoms with E-state index >= 15 is 0 Å². The van der Waals surface area contributed by atoms with E-state index in [4.69, 9.17) is 14.5 Å². The zero-order chi connectivity index (χ0) is 23.4. The van der Waals surface area contributed by atoms with E-state index in [2.05, 4.69) is 0 Å². The Morgan fingerprint density at radius 3 is 2.24 bits per heavy atom. The minimum absolute atomic E-state index is 0.331. The van der Waals surface area contributed by atoms with Gasteiger partial charge in [-0.2, -0.15) is 4.98 Å². The van der Waals surface area contributed by atoms with Gasteiger partial charge < -0.3 is 9.47 Å². The second-order valence-corrected chi connectivity index (χ2v) is 7.91. The molecule has 3 aromatic heterocycles. The molecule has 0 radical (unpaired) electrons. The van der Waals surface area contributed by atoms with Crippen molar-refractivity contribution in [2.45, 2.75) is 6.92 Å². The number of imidazole rings is 2. The van der Waals surface area contributed by atoms with Crippen LogP contribution in [0, 0.1) is 6.92 Å². The van der Waals surface area contributed by atoms with Gasteiger partial charge in [-0.3, -0.25) is 22.9 Å². The van der Waals surface area contributed by atoms with Crippen molar-refractivity contribution in [3.05, 3.63) is 75.1 Å². The number of ether oxygens (including phenoxy) is 2. The monoisotopic (exact) mass is 445 g/mol. The van der Waals surface area contributed by atoms with Crippen molar-refractivity contribution >= 4 is 16.9 Å². The molecule has 0 bridgehead atoms. The molecule has 0 saturated carbocycles. The summed E-state index contributed by atoms with van der Waals surface area (Å²) in [6.07, 6.45) is 1.86. The Bertz CT molecular complexity index is 1650. The highest BCUT2D eigenvalue weighted by atomic mass is 16.5. The van der Waals surface area contributed by atoms with Crippen molar-refractivity contribution in [3.63, 3.8) is 0 Å². The number of nitrogens with zero attached hydrogens (tertiary/aromatic N) is 5. The molecule has 0 aliphatic carbocycles. The van der Waals surface area contributed by atoms with Crippen molar-refractivity contribution in [3.8, 4) is 28.4 Å². The predicted molar refractivity (Wildman–Crippen MR) is 126 cm³/mol. The minimum Gasteiger partial charge on any atom is -0.493 e. The number of aryl methyl sites for hydroxylation is 2.